The van der Waals surface area contributed by atoms with Gasteiger partial charge in [-0.25, -0.2) is 0 Å². The zero-order chi connectivity index (χ0) is 21.8. The van der Waals surface area contributed by atoms with E-state index in [9.17, 15) is 19.5 Å². The molecule has 1 aliphatic rings. The van der Waals surface area contributed by atoms with Gasteiger partial charge in [0.05, 0.1) is 26.1 Å². The van der Waals surface area contributed by atoms with Crippen molar-refractivity contribution in [3.63, 3.8) is 0 Å². The highest BCUT2D eigenvalue weighted by Gasteiger charge is 2.46. The third-order valence-electron chi connectivity index (χ3n) is 5.40. The molecule has 4 N–H and O–H groups in total. The maximum Gasteiger partial charge on any atom is 0.317 e. The van der Waals surface area contributed by atoms with Crippen LogP contribution in [-0.4, -0.2) is 86.3 Å². The minimum Gasteiger partial charge on any atom is -0.481 e. The fourth-order valence-electron chi connectivity index (χ4n) is 3.76. The normalized spacial score (nSPS) is 18.2. The highest BCUT2D eigenvalue weighted by atomic mass is 16.4. The van der Waals surface area contributed by atoms with Crippen molar-refractivity contribution in [3.05, 3.63) is 29.3 Å². The lowest BCUT2D eigenvalue weighted by molar-refractivity contribution is -0.439. The molecule has 1 aromatic carbocycles. The van der Waals surface area contributed by atoms with E-state index in [2.05, 4.69) is 0 Å². The summed E-state index contributed by atoms with van der Waals surface area (Å²) in [5.41, 5.74) is 2.64. The summed E-state index contributed by atoms with van der Waals surface area (Å²) in [5.74, 6) is -3.10. The van der Waals surface area contributed by atoms with Crippen LogP contribution in [0.3, 0.4) is 0 Å². The molecule has 0 saturated heterocycles. The number of aliphatic hydroxyl groups is 1. The van der Waals surface area contributed by atoms with Crippen molar-refractivity contribution in [2.24, 2.45) is 0 Å². The topological polar surface area (TPSA) is 138 Å². The van der Waals surface area contributed by atoms with Crippen LogP contribution in [0.25, 0.3) is 0 Å². The highest BCUT2D eigenvalue weighted by molar-refractivity contribution is 5.94. The van der Waals surface area contributed by atoms with Gasteiger partial charge in [0.25, 0.3) is 0 Å². The average Bonchev–Trinajstić information content (AvgIpc) is 2.82. The molecule has 1 unspecified atom stereocenters. The van der Waals surface area contributed by atoms with Crippen LogP contribution in [-0.2, 0) is 26.2 Å². The lowest BCUT2D eigenvalue weighted by Crippen LogP contribution is -2.36. The van der Waals surface area contributed by atoms with Crippen LogP contribution in [0.1, 0.15) is 31.4 Å². The molecule has 0 saturated carbocycles. The molecule has 1 atom stereocenters. The average molecular weight is 407 g/mol. The van der Waals surface area contributed by atoms with Crippen LogP contribution in [0.5, 0.6) is 0 Å². The third kappa shape index (κ3) is 5.18. The summed E-state index contributed by atoms with van der Waals surface area (Å²) in [6.45, 7) is 3.78. The summed E-state index contributed by atoms with van der Waals surface area (Å²) in [5, 5.41) is 37.0. The Morgan fingerprint density at radius 2 is 1.69 bits per heavy atom. The Morgan fingerprint density at radius 3 is 2.21 bits per heavy atom. The summed E-state index contributed by atoms with van der Waals surface area (Å²) in [6.07, 6.45) is 0.420. The summed E-state index contributed by atoms with van der Waals surface area (Å²) in [6, 6.07) is 5.39. The van der Waals surface area contributed by atoms with Gasteiger partial charge >= 0.3 is 17.9 Å². The van der Waals surface area contributed by atoms with Gasteiger partial charge in [-0.3, -0.25) is 19.3 Å². The molecule has 0 spiro atoms. The van der Waals surface area contributed by atoms with Gasteiger partial charge in [-0.15, -0.1) is 0 Å². The molecule has 1 aromatic rings. The second-order valence-corrected chi connectivity index (χ2v) is 7.50. The first-order valence-electron chi connectivity index (χ1n) is 9.32. The highest BCUT2D eigenvalue weighted by Crippen LogP contribution is 2.40. The van der Waals surface area contributed by atoms with Crippen LogP contribution in [0.2, 0.25) is 0 Å². The number of aliphatic hydroxyl groups excluding tert-OH is 1. The van der Waals surface area contributed by atoms with E-state index in [0.29, 0.717) is 25.1 Å². The SMILES string of the molecule is CC1=[N+](CCCN(CC(=O)O)CC(=O)O)c2ccc(CC(=O)O)cc2C1(C)CO. The van der Waals surface area contributed by atoms with Crippen molar-refractivity contribution < 1.29 is 39.4 Å². The maximum absolute atomic E-state index is 11.0. The zero-order valence-corrected chi connectivity index (χ0v) is 16.6. The fraction of sp³-hybridized carbons (Fsp3) is 0.500. The molecule has 9 heteroatoms. The Balaban J connectivity index is 2.21. The number of rotatable bonds is 11. The quantitative estimate of drug-likeness (QED) is 0.390. The number of hydrogen-bond acceptors (Lipinski definition) is 5. The lowest BCUT2D eigenvalue weighted by atomic mass is 9.80. The number of hydrogen-bond donors (Lipinski definition) is 4. The van der Waals surface area contributed by atoms with E-state index in [1.165, 1.54) is 4.90 Å². The second kappa shape index (κ2) is 9.15. The minimum atomic E-state index is -1.08. The van der Waals surface area contributed by atoms with Gasteiger partial charge in [0.2, 0.25) is 5.69 Å². The summed E-state index contributed by atoms with van der Waals surface area (Å²) >= 11 is 0. The van der Waals surface area contributed by atoms with Crippen LogP contribution >= 0.6 is 0 Å². The standard InChI is InChI=1S/C20H26N2O7/c1-13-20(2,12-23)15-8-14(9-17(24)25)4-5-16(15)22(13)7-3-6-21(10-18(26)27)11-19(28)29/h4-5,8,23H,3,6-7,9-12H2,1-2H3,(H2-,24,25,26,27,28,29)/p+1. The molecule has 0 radical (unpaired) electrons. The number of benzene rings is 1. The maximum atomic E-state index is 11.0. The lowest BCUT2D eigenvalue weighted by Gasteiger charge is -2.19. The molecule has 1 aliphatic heterocycles. The predicted molar refractivity (Wildman–Crippen MR) is 104 cm³/mol. The first-order chi connectivity index (χ1) is 13.6. The van der Waals surface area contributed by atoms with Gasteiger partial charge in [-0.05, 0) is 18.6 Å². The Labute approximate surface area is 168 Å². The van der Waals surface area contributed by atoms with Crippen molar-refractivity contribution >= 4 is 29.3 Å². The number of carboxylic acids is 3. The number of aliphatic carboxylic acids is 3. The number of nitrogens with zero attached hydrogens (tertiary/aromatic N) is 2. The molecule has 0 bridgehead atoms. The van der Waals surface area contributed by atoms with Gasteiger partial charge in [-0.1, -0.05) is 6.07 Å². The monoisotopic (exact) mass is 407 g/mol. The van der Waals surface area contributed by atoms with Crippen molar-refractivity contribution in [2.75, 3.05) is 32.8 Å². The van der Waals surface area contributed by atoms with Crippen molar-refractivity contribution in [1.82, 2.24) is 4.90 Å². The Hall–Kier alpha value is -2.78. The largest absolute Gasteiger partial charge is 0.481 e. The molecule has 158 valence electrons. The van der Waals surface area contributed by atoms with E-state index in [1.807, 2.05) is 30.6 Å². The molecule has 9 nitrogen and oxygen atoms in total. The third-order valence-corrected chi connectivity index (χ3v) is 5.40. The van der Waals surface area contributed by atoms with E-state index >= 15 is 0 Å². The molecule has 29 heavy (non-hydrogen) atoms. The minimum absolute atomic E-state index is 0.104. The van der Waals surface area contributed by atoms with Crippen LogP contribution in [0.15, 0.2) is 18.2 Å². The van der Waals surface area contributed by atoms with E-state index in [-0.39, 0.29) is 26.1 Å². The van der Waals surface area contributed by atoms with Crippen molar-refractivity contribution in [3.8, 4) is 0 Å². The number of carbonyl (C=O) groups is 3. The molecule has 0 aromatic heterocycles. The van der Waals surface area contributed by atoms with Crippen molar-refractivity contribution in [2.45, 2.75) is 32.1 Å². The van der Waals surface area contributed by atoms with E-state index in [1.54, 1.807) is 6.07 Å². The van der Waals surface area contributed by atoms with E-state index in [0.717, 1.165) is 17.0 Å². The molecular weight excluding hydrogens is 380 g/mol. The predicted octanol–water partition coefficient (Wildman–Crippen LogP) is 0.544. The summed E-state index contributed by atoms with van der Waals surface area (Å²) in [7, 11) is 0. The van der Waals surface area contributed by atoms with Gasteiger partial charge in [0.15, 0.2) is 5.71 Å². The molecular formula is C20H27N2O7+. The van der Waals surface area contributed by atoms with Crippen LogP contribution < -0.4 is 0 Å². The fourth-order valence-corrected chi connectivity index (χ4v) is 3.76. The van der Waals surface area contributed by atoms with E-state index in [4.69, 9.17) is 15.3 Å². The molecule has 2 rings (SSSR count). The number of carboxylic acid groups (broad SMARTS) is 3. The molecule has 0 fully saturated rings. The Kier molecular flexibility index (Phi) is 7.10. The van der Waals surface area contributed by atoms with Gasteiger partial charge in [0, 0.05) is 31.5 Å². The zero-order valence-electron chi connectivity index (χ0n) is 16.6. The molecule has 0 aliphatic carbocycles. The summed E-state index contributed by atoms with van der Waals surface area (Å²) in [4.78, 5) is 34.3. The van der Waals surface area contributed by atoms with Crippen molar-refractivity contribution in [1.29, 1.82) is 0 Å². The van der Waals surface area contributed by atoms with Crippen LogP contribution in [0, 0.1) is 0 Å². The number of fused-ring (bicyclic) bond motifs is 1. The van der Waals surface area contributed by atoms with Gasteiger partial charge in [0.1, 0.15) is 12.0 Å². The Bertz CT molecular complexity index is 833. The Morgan fingerprint density at radius 1 is 1.07 bits per heavy atom. The summed E-state index contributed by atoms with van der Waals surface area (Å²) < 4.78 is 2.02. The smallest absolute Gasteiger partial charge is 0.317 e. The van der Waals surface area contributed by atoms with Gasteiger partial charge in [-0.2, -0.15) is 4.58 Å². The van der Waals surface area contributed by atoms with Gasteiger partial charge < -0.3 is 20.4 Å². The first-order valence-corrected chi connectivity index (χ1v) is 9.32. The van der Waals surface area contributed by atoms with Crippen LogP contribution in [0.4, 0.5) is 5.69 Å². The first kappa shape index (κ1) is 22.5. The van der Waals surface area contributed by atoms with E-state index < -0.39 is 23.3 Å². The second-order valence-electron chi connectivity index (χ2n) is 7.50. The molecule has 0 amide bonds. The molecule has 1 heterocycles.